The summed E-state index contributed by atoms with van der Waals surface area (Å²) in [5.41, 5.74) is 0. The van der Waals surface area contributed by atoms with Gasteiger partial charge in [-0.05, 0) is 51.8 Å². The van der Waals surface area contributed by atoms with Gasteiger partial charge in [0.25, 0.3) is 0 Å². The molecule has 0 spiro atoms. The Balaban J connectivity index is 3.90. The third-order valence-corrected chi connectivity index (χ3v) is 3.53. The molecule has 0 aliphatic rings. The zero-order valence-electron chi connectivity index (χ0n) is 13.8. The van der Waals surface area contributed by atoms with Crippen molar-refractivity contribution in [3.8, 4) is 0 Å². The number of hydrogen-bond donors (Lipinski definition) is 2. The van der Waals surface area contributed by atoms with Gasteiger partial charge in [-0.2, -0.15) is 24.9 Å². The molecule has 132 valence electrons. The molecule has 0 aromatic heterocycles. The maximum Gasteiger partial charge on any atom is 0.401 e. The van der Waals surface area contributed by atoms with Crippen molar-refractivity contribution in [1.29, 1.82) is 0 Å². The van der Waals surface area contributed by atoms with Gasteiger partial charge in [0, 0.05) is 19.6 Å². The summed E-state index contributed by atoms with van der Waals surface area (Å²) in [6.45, 7) is 3.65. The summed E-state index contributed by atoms with van der Waals surface area (Å²) >= 11 is 1.84. The van der Waals surface area contributed by atoms with E-state index in [2.05, 4.69) is 21.9 Å². The third kappa shape index (κ3) is 14.3. The first kappa shape index (κ1) is 21.4. The van der Waals surface area contributed by atoms with E-state index in [1.807, 2.05) is 18.7 Å². The van der Waals surface area contributed by atoms with E-state index < -0.39 is 12.7 Å². The fourth-order valence-electron chi connectivity index (χ4n) is 1.84. The van der Waals surface area contributed by atoms with Gasteiger partial charge in [0.05, 0.1) is 6.54 Å². The normalized spacial score (nSPS) is 12.8. The summed E-state index contributed by atoms with van der Waals surface area (Å²) in [4.78, 5) is 5.66. The van der Waals surface area contributed by atoms with E-state index in [0.717, 1.165) is 37.6 Å². The van der Waals surface area contributed by atoms with Crippen LogP contribution in [0.4, 0.5) is 13.2 Å². The molecule has 0 saturated carbocycles. The van der Waals surface area contributed by atoms with Crippen molar-refractivity contribution >= 4 is 17.7 Å². The molecule has 0 atom stereocenters. The Hall–Kier alpha value is -0.630. The Morgan fingerprint density at radius 2 is 1.91 bits per heavy atom. The van der Waals surface area contributed by atoms with Crippen molar-refractivity contribution < 1.29 is 13.2 Å². The van der Waals surface area contributed by atoms with Crippen molar-refractivity contribution in [3.05, 3.63) is 0 Å². The second-order valence-corrected chi connectivity index (χ2v) is 6.08. The molecule has 0 aliphatic carbocycles. The number of guanidine groups is 1. The molecule has 22 heavy (non-hydrogen) atoms. The Labute approximate surface area is 136 Å². The van der Waals surface area contributed by atoms with E-state index in [1.54, 1.807) is 0 Å². The standard InChI is InChI=1S/C14H29F3N4S/c1-4-18-13(19-8-5-6-11-22-3)20-9-7-10-21(2)12-14(15,16)17/h4-12H2,1-3H3,(H2,18,19,20). The minimum Gasteiger partial charge on any atom is -0.357 e. The molecule has 0 aliphatic heterocycles. The Morgan fingerprint density at radius 3 is 2.50 bits per heavy atom. The van der Waals surface area contributed by atoms with Crippen LogP contribution in [0.3, 0.4) is 0 Å². The van der Waals surface area contributed by atoms with Crippen LogP contribution in [0, 0.1) is 0 Å². The quantitative estimate of drug-likeness (QED) is 0.344. The molecule has 4 nitrogen and oxygen atoms in total. The number of thioether (sulfide) groups is 1. The van der Waals surface area contributed by atoms with Gasteiger partial charge in [-0.25, -0.2) is 0 Å². The van der Waals surface area contributed by atoms with Crippen LogP contribution < -0.4 is 10.6 Å². The van der Waals surface area contributed by atoms with Crippen LogP contribution in [-0.4, -0.2) is 68.8 Å². The van der Waals surface area contributed by atoms with Gasteiger partial charge in [0.15, 0.2) is 5.96 Å². The van der Waals surface area contributed by atoms with Crippen LogP contribution in [0.5, 0.6) is 0 Å². The van der Waals surface area contributed by atoms with Gasteiger partial charge in [-0.15, -0.1) is 0 Å². The number of aliphatic imine (C=N–C) groups is 1. The lowest BCUT2D eigenvalue weighted by Crippen LogP contribution is -2.38. The van der Waals surface area contributed by atoms with Crippen molar-refractivity contribution in [2.45, 2.75) is 32.4 Å². The minimum atomic E-state index is -4.13. The highest BCUT2D eigenvalue weighted by Crippen LogP contribution is 2.15. The topological polar surface area (TPSA) is 39.7 Å². The number of hydrogen-bond acceptors (Lipinski definition) is 3. The number of nitrogens with one attached hydrogen (secondary N) is 2. The largest absolute Gasteiger partial charge is 0.401 e. The number of halogens is 3. The van der Waals surface area contributed by atoms with Crippen molar-refractivity contribution in [3.63, 3.8) is 0 Å². The predicted octanol–water partition coefficient (Wildman–Crippen LogP) is 2.57. The van der Waals surface area contributed by atoms with Gasteiger partial charge in [0.2, 0.25) is 0 Å². The highest BCUT2D eigenvalue weighted by molar-refractivity contribution is 7.98. The van der Waals surface area contributed by atoms with Gasteiger partial charge in [-0.3, -0.25) is 9.89 Å². The molecular weight excluding hydrogens is 313 g/mol. The summed E-state index contributed by atoms with van der Waals surface area (Å²) in [6, 6.07) is 0. The highest BCUT2D eigenvalue weighted by atomic mass is 32.2. The number of unbranched alkanes of at least 4 members (excludes halogenated alkanes) is 1. The third-order valence-electron chi connectivity index (χ3n) is 2.83. The molecular formula is C14H29F3N4S. The zero-order chi connectivity index (χ0) is 16.8. The lowest BCUT2D eigenvalue weighted by atomic mass is 10.3. The minimum absolute atomic E-state index is 0.385. The number of alkyl halides is 3. The summed E-state index contributed by atoms with van der Waals surface area (Å²) in [6.07, 6.45) is 0.811. The number of nitrogens with zero attached hydrogens (tertiary/aromatic N) is 2. The molecule has 8 heteroatoms. The Bertz CT molecular complexity index is 298. The number of rotatable bonds is 11. The van der Waals surface area contributed by atoms with Crippen LogP contribution in [0.15, 0.2) is 4.99 Å². The average molecular weight is 342 g/mol. The molecule has 0 aromatic carbocycles. The van der Waals surface area contributed by atoms with E-state index in [-0.39, 0.29) is 0 Å². The first-order chi connectivity index (χ1) is 10.4. The van der Waals surface area contributed by atoms with Crippen molar-refractivity contribution in [2.75, 3.05) is 51.8 Å². The zero-order valence-corrected chi connectivity index (χ0v) is 14.6. The van der Waals surface area contributed by atoms with Crippen LogP contribution in [0.2, 0.25) is 0 Å². The first-order valence-corrected chi connectivity index (χ1v) is 9.04. The van der Waals surface area contributed by atoms with Gasteiger partial charge < -0.3 is 10.6 Å². The molecule has 0 fully saturated rings. The molecule has 0 rings (SSSR count). The fraction of sp³-hybridized carbons (Fsp3) is 0.929. The SMILES string of the molecule is CCNC(=NCCCN(C)CC(F)(F)F)NCCCCSC. The monoisotopic (exact) mass is 342 g/mol. The molecule has 0 heterocycles. The van der Waals surface area contributed by atoms with Crippen LogP contribution >= 0.6 is 11.8 Å². The second kappa shape index (κ2) is 12.9. The van der Waals surface area contributed by atoms with E-state index >= 15 is 0 Å². The van der Waals surface area contributed by atoms with E-state index in [1.165, 1.54) is 11.9 Å². The van der Waals surface area contributed by atoms with Gasteiger partial charge in [-0.1, -0.05) is 0 Å². The summed E-state index contributed by atoms with van der Waals surface area (Å²) in [7, 11) is 1.48. The predicted molar refractivity (Wildman–Crippen MR) is 89.8 cm³/mol. The maximum atomic E-state index is 12.2. The summed E-state index contributed by atoms with van der Waals surface area (Å²) in [5, 5.41) is 6.38. The molecule has 0 unspecified atom stereocenters. The second-order valence-electron chi connectivity index (χ2n) is 5.09. The smallest absolute Gasteiger partial charge is 0.357 e. The average Bonchev–Trinajstić information content (AvgIpc) is 2.41. The van der Waals surface area contributed by atoms with Gasteiger partial charge >= 0.3 is 6.18 Å². The van der Waals surface area contributed by atoms with Crippen LogP contribution in [0.25, 0.3) is 0 Å². The van der Waals surface area contributed by atoms with Crippen molar-refractivity contribution in [2.24, 2.45) is 4.99 Å². The summed E-state index contributed by atoms with van der Waals surface area (Å²) in [5.74, 6) is 1.89. The molecule has 0 amide bonds. The molecule has 2 N–H and O–H groups in total. The van der Waals surface area contributed by atoms with E-state index in [4.69, 9.17) is 0 Å². The maximum absolute atomic E-state index is 12.2. The lowest BCUT2D eigenvalue weighted by molar-refractivity contribution is -0.143. The Kier molecular flexibility index (Phi) is 12.5. The lowest BCUT2D eigenvalue weighted by Gasteiger charge is -2.18. The molecule has 0 bridgehead atoms. The summed E-state index contributed by atoms with van der Waals surface area (Å²) < 4.78 is 36.5. The van der Waals surface area contributed by atoms with Crippen LogP contribution in [0.1, 0.15) is 26.2 Å². The van der Waals surface area contributed by atoms with Crippen molar-refractivity contribution in [1.82, 2.24) is 15.5 Å². The van der Waals surface area contributed by atoms with E-state index in [9.17, 15) is 13.2 Å². The molecule has 0 aromatic rings. The van der Waals surface area contributed by atoms with Gasteiger partial charge in [0.1, 0.15) is 0 Å². The highest BCUT2D eigenvalue weighted by Gasteiger charge is 2.28. The van der Waals surface area contributed by atoms with Crippen LogP contribution in [-0.2, 0) is 0 Å². The molecule has 0 saturated heterocycles. The molecule has 0 radical (unpaired) electrons. The fourth-order valence-corrected chi connectivity index (χ4v) is 2.33. The Morgan fingerprint density at radius 1 is 1.18 bits per heavy atom. The van der Waals surface area contributed by atoms with E-state index in [0.29, 0.717) is 19.5 Å². The first-order valence-electron chi connectivity index (χ1n) is 7.65.